The van der Waals surface area contributed by atoms with Crippen LogP contribution in [0.4, 0.5) is 14.9 Å². The van der Waals surface area contributed by atoms with Gasteiger partial charge in [-0.3, -0.25) is 62.3 Å². The van der Waals surface area contributed by atoms with Gasteiger partial charge in [-0.15, -0.1) is 0 Å². The third kappa shape index (κ3) is 31.8. The number of nitrogens with zero attached hydrogens (tertiary/aromatic N) is 3. The number of hydrogen-bond acceptors (Lipinski definition) is 20. The molecule has 12 amide bonds. The molecule has 0 saturated heterocycles. The highest BCUT2D eigenvalue weighted by molar-refractivity contribution is 5.99. The van der Waals surface area contributed by atoms with E-state index in [0.717, 1.165) is 17.0 Å². The third-order valence-corrected chi connectivity index (χ3v) is 17.1. The van der Waals surface area contributed by atoms with Crippen molar-refractivity contribution >= 4 is 112 Å². The van der Waals surface area contributed by atoms with Crippen molar-refractivity contribution in [2.24, 2.45) is 0 Å². The Kier molecular flexibility index (Phi) is 37.3. The summed E-state index contributed by atoms with van der Waals surface area (Å²) in [4.78, 5) is 217. The molecule has 114 heavy (non-hydrogen) atoms. The lowest BCUT2D eigenvalue weighted by Crippen LogP contribution is -2.61. The first-order chi connectivity index (χ1) is 54.3. The van der Waals surface area contributed by atoms with Crippen molar-refractivity contribution in [3.8, 4) is 11.8 Å². The van der Waals surface area contributed by atoms with Crippen LogP contribution in [0.5, 0.6) is 5.75 Å². The molecule has 39 nitrogen and oxygen atoms in total. The number of carboxylic acid groups (broad SMARTS) is 5. The molecule has 0 unspecified atom stereocenters. The smallest absolute Gasteiger partial charge is 0.326 e. The Bertz CT molecular complexity index is 4310. The number of unbranched alkanes of at least 4 members (excludes halogenated alkanes) is 1. The Morgan fingerprint density at radius 3 is 1.54 bits per heavy atom. The van der Waals surface area contributed by atoms with E-state index in [1.165, 1.54) is 37.4 Å². The fourth-order valence-electron chi connectivity index (χ4n) is 11.2. The summed E-state index contributed by atoms with van der Waals surface area (Å²) >= 11 is 0. The van der Waals surface area contributed by atoms with E-state index in [1.54, 1.807) is 60.7 Å². The van der Waals surface area contributed by atoms with Gasteiger partial charge in [-0.05, 0) is 98.0 Å². The van der Waals surface area contributed by atoms with Crippen LogP contribution in [0.25, 0.3) is 15.7 Å². The van der Waals surface area contributed by atoms with Gasteiger partial charge in [0.1, 0.15) is 65.9 Å². The number of nitrogens with one attached hydrogen (secondary N) is 12. The molecule has 0 aliphatic rings. The average molecular weight is 1590 g/mol. The summed E-state index contributed by atoms with van der Waals surface area (Å²) in [6, 6.07) is 9.76. The van der Waals surface area contributed by atoms with Crippen LogP contribution in [0.3, 0.4) is 0 Å². The molecule has 0 spiro atoms. The van der Waals surface area contributed by atoms with Crippen LogP contribution in [-0.2, 0) is 91.2 Å². The van der Waals surface area contributed by atoms with Gasteiger partial charge in [0.05, 0.1) is 45.6 Å². The minimum absolute atomic E-state index is 0.00166. The lowest BCUT2D eigenvalue weighted by molar-refractivity contribution is -0.141. The molecule has 0 bridgehead atoms. The Balaban J connectivity index is 1.32. The number of carbonyl (C=O) groups is 16. The van der Waals surface area contributed by atoms with Gasteiger partial charge in [0, 0.05) is 81.2 Å². The molecular formula is C74H88FN15O24. The highest BCUT2D eigenvalue weighted by Gasteiger charge is 2.35. The molecule has 0 aliphatic carbocycles. The number of aliphatic hydroxyl groups is 2. The van der Waals surface area contributed by atoms with Crippen molar-refractivity contribution < 1.29 is 122 Å². The molecule has 40 heteroatoms. The number of fused-ring (bicyclic) bond motifs is 1. The fourth-order valence-corrected chi connectivity index (χ4v) is 11.2. The average Bonchev–Trinajstić information content (AvgIpc) is 1.66. The summed E-state index contributed by atoms with van der Waals surface area (Å²) in [7, 11) is 0. The van der Waals surface area contributed by atoms with E-state index in [0.29, 0.717) is 27.6 Å². The van der Waals surface area contributed by atoms with E-state index in [9.17, 15) is 117 Å². The van der Waals surface area contributed by atoms with Crippen molar-refractivity contribution in [1.29, 1.82) is 5.26 Å². The van der Waals surface area contributed by atoms with Gasteiger partial charge >= 0.3 is 35.9 Å². The molecule has 4 aromatic carbocycles. The van der Waals surface area contributed by atoms with Crippen molar-refractivity contribution in [3.63, 3.8) is 0 Å². The normalized spacial score (nSPS) is 13.1. The van der Waals surface area contributed by atoms with Crippen molar-refractivity contribution in [2.75, 3.05) is 46.0 Å². The number of halogens is 1. The highest BCUT2D eigenvalue weighted by atomic mass is 19.1. The number of aromatic amines is 1. The van der Waals surface area contributed by atoms with Crippen LogP contribution in [0.15, 0.2) is 103 Å². The Morgan fingerprint density at radius 1 is 0.535 bits per heavy atom. The van der Waals surface area contributed by atoms with Gasteiger partial charge in [0.15, 0.2) is 5.69 Å². The molecule has 0 fully saturated rings. The molecule has 0 aliphatic heterocycles. The number of amides is 12. The van der Waals surface area contributed by atoms with E-state index in [2.05, 4.69) is 63.0 Å². The minimum Gasteiger partial charge on any atom is -0.495 e. The van der Waals surface area contributed by atoms with E-state index in [4.69, 9.17) is 16.4 Å². The number of carbonyl (C=O) groups excluding carboxylic acids is 11. The number of rotatable bonds is 49. The number of hydrogen-bond donors (Lipinski definition) is 19. The SMILES string of the molecule is [C-]#[N+]c1cc(C#N)cc(OCCCN(CC(=O)N[C@@H](Cc2c[nH]c3ccc(F)cc23)C(=O)NCCCC[C@H](NC(=O)N[C@@H](CCC(=O)O)C(=O)O)C(=O)O)C(=O)CNC(=O)[C@H](CCC(=O)O)NC(=O)[C@H](CCC(=O)O)NC(=O)[C@H](CO)NC(=O)[C@H](CO)NC(=O)[C@H](Cc2ccccc2)NC(=O)[C@H](Cc2ccccc2)NC(C)=O)c1. The van der Waals surface area contributed by atoms with Gasteiger partial charge in [0.25, 0.3) is 0 Å². The lowest BCUT2D eigenvalue weighted by atomic mass is 10.0. The van der Waals surface area contributed by atoms with Crippen LogP contribution in [0.2, 0.25) is 0 Å². The third-order valence-electron chi connectivity index (χ3n) is 17.1. The monoisotopic (exact) mass is 1590 g/mol. The predicted molar refractivity (Wildman–Crippen MR) is 395 cm³/mol. The number of nitriles is 1. The van der Waals surface area contributed by atoms with Gasteiger partial charge in [-0.25, -0.2) is 23.6 Å². The second kappa shape index (κ2) is 46.8. The van der Waals surface area contributed by atoms with Crippen molar-refractivity contribution in [1.82, 2.24) is 68.4 Å². The zero-order valence-electron chi connectivity index (χ0n) is 61.4. The number of aliphatic carboxylic acids is 5. The minimum atomic E-state index is -2.04. The number of benzene rings is 4. The number of H-pyrrole nitrogens is 1. The number of urea groups is 1. The lowest BCUT2D eigenvalue weighted by Gasteiger charge is -2.27. The predicted octanol–water partition coefficient (Wildman–Crippen LogP) is -1.34. The zero-order chi connectivity index (χ0) is 84.0. The Hall–Kier alpha value is -13.6. The second-order valence-electron chi connectivity index (χ2n) is 25.8. The maximum atomic E-state index is 14.7. The number of carboxylic acids is 5. The van der Waals surface area contributed by atoms with Gasteiger partial charge in [0.2, 0.25) is 59.1 Å². The molecule has 1 aromatic heterocycles. The molecule has 19 N–H and O–H groups in total. The molecule has 5 rings (SSSR count). The van der Waals surface area contributed by atoms with Crippen LogP contribution < -0.4 is 63.2 Å². The summed E-state index contributed by atoms with van der Waals surface area (Å²) in [5.74, 6) is -18.8. The first kappa shape index (κ1) is 91.0. The maximum Gasteiger partial charge on any atom is 0.326 e. The molecule has 9 atom stereocenters. The summed E-state index contributed by atoms with van der Waals surface area (Å²) in [5.41, 5.74) is 2.00. The van der Waals surface area contributed by atoms with E-state index < -0.39 is 227 Å². The molecule has 0 radical (unpaired) electrons. The van der Waals surface area contributed by atoms with Gasteiger partial charge < -0.3 is 109 Å². The number of ether oxygens (including phenoxy) is 1. The van der Waals surface area contributed by atoms with Crippen LogP contribution >= 0.6 is 0 Å². The summed E-state index contributed by atoms with van der Waals surface area (Å²) in [5, 5.41) is 104. The van der Waals surface area contributed by atoms with Crippen LogP contribution in [0.1, 0.15) is 93.4 Å². The van der Waals surface area contributed by atoms with Crippen LogP contribution in [0, 0.1) is 23.7 Å². The first-order valence-electron chi connectivity index (χ1n) is 35.5. The molecule has 0 saturated carbocycles. The van der Waals surface area contributed by atoms with Gasteiger partial charge in [-0.1, -0.05) is 60.7 Å². The summed E-state index contributed by atoms with van der Waals surface area (Å²) < 4.78 is 20.4. The topological polar surface area (TPSA) is 603 Å². The number of aromatic nitrogens is 1. The van der Waals surface area contributed by atoms with Crippen LogP contribution in [-0.4, -0.2) is 241 Å². The molecule has 610 valence electrons. The van der Waals surface area contributed by atoms with E-state index in [1.807, 2.05) is 11.4 Å². The molecular weight excluding hydrogens is 1500 g/mol. The quantitative estimate of drug-likeness (QED) is 0.0158. The largest absolute Gasteiger partial charge is 0.495 e. The maximum absolute atomic E-state index is 14.7. The Labute approximate surface area is 649 Å². The number of aliphatic hydroxyl groups excluding tert-OH is 2. The van der Waals surface area contributed by atoms with Crippen molar-refractivity contribution in [2.45, 2.75) is 145 Å². The first-order valence-corrected chi connectivity index (χ1v) is 35.5. The van der Waals surface area contributed by atoms with Gasteiger partial charge in [-0.2, -0.15) is 5.26 Å². The van der Waals surface area contributed by atoms with Crippen molar-refractivity contribution in [3.05, 3.63) is 143 Å². The fraction of sp³-hybridized carbons (Fsp3) is 0.405. The van der Waals surface area contributed by atoms with E-state index >= 15 is 0 Å². The second-order valence-corrected chi connectivity index (χ2v) is 25.8. The zero-order valence-corrected chi connectivity index (χ0v) is 61.4. The highest BCUT2D eigenvalue weighted by Crippen LogP contribution is 2.24. The summed E-state index contributed by atoms with van der Waals surface area (Å²) in [6.07, 6.45) is -3.85. The molecule has 5 aromatic rings. The molecule has 1 heterocycles. The summed E-state index contributed by atoms with van der Waals surface area (Å²) in [6.45, 7) is 3.41. The van der Waals surface area contributed by atoms with E-state index in [-0.39, 0.29) is 75.1 Å². The Morgan fingerprint density at radius 2 is 1.02 bits per heavy atom. The standard InChI is InChI=1S/C74H88FN15O24/c1-41(93)81-55(30-42-12-5-3-6-13-42)68(105)85-56(31-43-14-7-4-8-15-43)69(106)86-59(40-92)71(108)87-58(39-91)70(107)84-52(20-23-63(98)99)67(104)83-51(19-22-62(96)97)65(102)80-37-61(95)90(26-11-27-114-48-29-44(35-76)28-47(34-48)77-2)38-60(94)82-57(32-45-36-79-50-18-17-46(75)33-49(45)50)66(103)78-25-10-9-16-53(72(109)110)88-74(113)89-54(73(111)112)21-24-64(100)101/h3-8,12-15,17-18,28-29,33-34,36,51-59,79,91-92H,9-11,16,19-27,30-32,37-40H2,1H3,(H,78,103)(H,80,102)(H,81,93)(H,82,94)(H,83,104)(H,84,107)(H,85,105)(H,86,106)(H,87,108)(H,96,97)(H,98,99)(H,100,101)(H,109,110)(H,111,112)(H2,88,89,113)/t51-,52-,53-,54-,55-,56-,57-,58-,59-/m0/s1.